The van der Waals surface area contributed by atoms with E-state index in [0.29, 0.717) is 5.92 Å². The van der Waals surface area contributed by atoms with Crippen molar-refractivity contribution in [2.24, 2.45) is 5.92 Å². The Morgan fingerprint density at radius 3 is 3.00 bits per heavy atom. The lowest BCUT2D eigenvalue weighted by Gasteiger charge is -2.35. The van der Waals surface area contributed by atoms with Crippen LogP contribution in [0.1, 0.15) is 26.7 Å². The van der Waals surface area contributed by atoms with Crippen molar-refractivity contribution in [2.75, 3.05) is 25.0 Å². The van der Waals surface area contributed by atoms with Crippen LogP contribution in [0, 0.1) is 16.0 Å². The van der Waals surface area contributed by atoms with Gasteiger partial charge in [0, 0.05) is 29.2 Å². The monoisotopic (exact) mass is 355 g/mol. The highest BCUT2D eigenvalue weighted by molar-refractivity contribution is 9.10. The zero-order chi connectivity index (χ0) is 15.4. The predicted molar refractivity (Wildman–Crippen MR) is 88.7 cm³/mol. The summed E-state index contributed by atoms with van der Waals surface area (Å²) in [6.07, 6.45) is 2.43. The van der Waals surface area contributed by atoms with Crippen molar-refractivity contribution in [1.29, 1.82) is 0 Å². The smallest absolute Gasteiger partial charge is 0.271 e. The number of anilines is 1. The minimum Gasteiger partial charge on any atom is -0.381 e. The van der Waals surface area contributed by atoms with Gasteiger partial charge in [0.05, 0.1) is 10.6 Å². The van der Waals surface area contributed by atoms with Crippen molar-refractivity contribution in [1.82, 2.24) is 4.90 Å². The third kappa shape index (κ3) is 4.17. The lowest BCUT2D eigenvalue weighted by atomic mass is 9.91. The van der Waals surface area contributed by atoms with E-state index in [9.17, 15) is 10.1 Å². The Balaban J connectivity index is 2.06. The number of rotatable bonds is 5. The van der Waals surface area contributed by atoms with Gasteiger partial charge in [-0.05, 0) is 60.8 Å². The SMILES string of the molecule is CCN1CCCC(C(C)Nc2cc([N+](=O)[O-])ccc2Br)C1. The Morgan fingerprint density at radius 1 is 1.57 bits per heavy atom. The number of benzene rings is 1. The van der Waals surface area contributed by atoms with Gasteiger partial charge in [0.25, 0.3) is 5.69 Å². The molecular weight excluding hydrogens is 334 g/mol. The van der Waals surface area contributed by atoms with Gasteiger partial charge in [0.15, 0.2) is 0 Å². The van der Waals surface area contributed by atoms with Gasteiger partial charge >= 0.3 is 0 Å². The Morgan fingerprint density at radius 2 is 2.33 bits per heavy atom. The van der Waals surface area contributed by atoms with Crippen LogP contribution < -0.4 is 5.32 Å². The number of nitro groups is 1. The number of likely N-dealkylation sites (tertiary alicyclic amines) is 1. The van der Waals surface area contributed by atoms with Gasteiger partial charge in [0.1, 0.15) is 0 Å². The number of nitrogens with one attached hydrogen (secondary N) is 1. The second kappa shape index (κ2) is 7.22. The fourth-order valence-electron chi connectivity index (χ4n) is 2.89. The zero-order valence-electron chi connectivity index (χ0n) is 12.5. The number of hydrogen-bond acceptors (Lipinski definition) is 4. The molecule has 0 amide bonds. The van der Waals surface area contributed by atoms with Gasteiger partial charge in [-0.3, -0.25) is 10.1 Å². The molecule has 21 heavy (non-hydrogen) atoms. The highest BCUT2D eigenvalue weighted by Crippen LogP contribution is 2.30. The van der Waals surface area contributed by atoms with Crippen LogP contribution in [0.4, 0.5) is 11.4 Å². The summed E-state index contributed by atoms with van der Waals surface area (Å²) in [7, 11) is 0. The summed E-state index contributed by atoms with van der Waals surface area (Å²) in [4.78, 5) is 13.0. The van der Waals surface area contributed by atoms with Gasteiger partial charge in [-0.2, -0.15) is 0 Å². The second-order valence-corrected chi connectivity index (χ2v) is 6.50. The fourth-order valence-corrected chi connectivity index (χ4v) is 3.25. The van der Waals surface area contributed by atoms with Crippen molar-refractivity contribution in [3.8, 4) is 0 Å². The van der Waals surface area contributed by atoms with E-state index < -0.39 is 0 Å². The Kier molecular flexibility index (Phi) is 5.58. The molecule has 1 aliphatic rings. The summed E-state index contributed by atoms with van der Waals surface area (Å²) >= 11 is 3.46. The second-order valence-electron chi connectivity index (χ2n) is 5.65. The third-order valence-corrected chi connectivity index (χ3v) is 4.93. The molecule has 0 saturated carbocycles. The maximum atomic E-state index is 10.9. The number of nitrogens with zero attached hydrogens (tertiary/aromatic N) is 2. The quantitative estimate of drug-likeness (QED) is 0.642. The fraction of sp³-hybridized carbons (Fsp3) is 0.600. The molecule has 6 heteroatoms. The molecule has 0 spiro atoms. The van der Waals surface area contributed by atoms with Crippen molar-refractivity contribution >= 4 is 27.3 Å². The van der Waals surface area contributed by atoms with Crippen molar-refractivity contribution in [2.45, 2.75) is 32.7 Å². The summed E-state index contributed by atoms with van der Waals surface area (Å²) < 4.78 is 0.864. The van der Waals surface area contributed by atoms with Gasteiger partial charge in [0.2, 0.25) is 0 Å². The molecule has 1 saturated heterocycles. The minimum absolute atomic E-state index is 0.117. The van der Waals surface area contributed by atoms with E-state index in [4.69, 9.17) is 0 Å². The maximum absolute atomic E-state index is 10.9. The Labute approximate surface area is 134 Å². The molecule has 2 rings (SSSR count). The van der Waals surface area contributed by atoms with Crippen LogP contribution in [-0.2, 0) is 0 Å². The number of non-ortho nitro benzene ring substituents is 1. The molecule has 1 aliphatic heterocycles. The van der Waals surface area contributed by atoms with Crippen molar-refractivity contribution in [3.05, 3.63) is 32.8 Å². The van der Waals surface area contributed by atoms with E-state index in [1.165, 1.54) is 25.5 Å². The number of nitro benzene ring substituents is 1. The van der Waals surface area contributed by atoms with Crippen molar-refractivity contribution < 1.29 is 4.92 Å². The maximum Gasteiger partial charge on any atom is 0.271 e. The molecule has 0 radical (unpaired) electrons. The first kappa shape index (κ1) is 16.2. The largest absolute Gasteiger partial charge is 0.381 e. The van der Waals surface area contributed by atoms with Gasteiger partial charge in [-0.15, -0.1) is 0 Å². The molecule has 0 bridgehead atoms. The first-order valence-electron chi connectivity index (χ1n) is 7.44. The van der Waals surface area contributed by atoms with Crippen LogP contribution >= 0.6 is 15.9 Å². The zero-order valence-corrected chi connectivity index (χ0v) is 14.1. The first-order valence-corrected chi connectivity index (χ1v) is 8.23. The molecule has 1 N–H and O–H groups in total. The molecule has 2 atom stereocenters. The topological polar surface area (TPSA) is 58.4 Å². The number of piperidine rings is 1. The van der Waals surface area contributed by atoms with Crippen LogP contribution in [0.15, 0.2) is 22.7 Å². The molecule has 1 aromatic rings. The predicted octanol–water partition coefficient (Wildman–Crippen LogP) is 3.89. The van der Waals surface area contributed by atoms with E-state index in [2.05, 4.69) is 40.0 Å². The van der Waals surface area contributed by atoms with E-state index in [1.54, 1.807) is 12.1 Å². The Hall–Kier alpha value is -1.14. The minimum atomic E-state index is -0.359. The van der Waals surface area contributed by atoms with E-state index in [-0.39, 0.29) is 16.7 Å². The standard InChI is InChI=1S/C15H22BrN3O2/c1-3-18-8-4-5-12(10-18)11(2)17-15-9-13(19(20)21)6-7-14(15)16/h6-7,9,11-12,17H,3-5,8,10H2,1-2H3. The van der Waals surface area contributed by atoms with E-state index in [1.807, 2.05) is 0 Å². The van der Waals surface area contributed by atoms with Crippen LogP contribution in [0.25, 0.3) is 0 Å². The molecule has 2 unspecified atom stereocenters. The highest BCUT2D eigenvalue weighted by atomic mass is 79.9. The lowest BCUT2D eigenvalue weighted by Crippen LogP contribution is -2.41. The summed E-state index contributed by atoms with van der Waals surface area (Å²) in [5.74, 6) is 0.574. The first-order chi connectivity index (χ1) is 10.0. The summed E-state index contributed by atoms with van der Waals surface area (Å²) in [5, 5.41) is 14.3. The van der Waals surface area contributed by atoms with Crippen LogP contribution in [-0.4, -0.2) is 35.5 Å². The van der Waals surface area contributed by atoms with Crippen molar-refractivity contribution in [3.63, 3.8) is 0 Å². The molecular formula is C15H22BrN3O2. The van der Waals surface area contributed by atoms with E-state index >= 15 is 0 Å². The summed E-state index contributed by atoms with van der Waals surface area (Å²) in [6, 6.07) is 5.13. The van der Waals surface area contributed by atoms with Gasteiger partial charge in [-0.1, -0.05) is 6.92 Å². The molecule has 0 aromatic heterocycles. The molecule has 116 valence electrons. The molecule has 1 fully saturated rings. The average molecular weight is 356 g/mol. The lowest BCUT2D eigenvalue weighted by molar-refractivity contribution is -0.384. The molecule has 1 aromatic carbocycles. The van der Waals surface area contributed by atoms with Gasteiger partial charge < -0.3 is 10.2 Å². The summed E-state index contributed by atoms with van der Waals surface area (Å²) in [5.41, 5.74) is 0.914. The van der Waals surface area contributed by atoms with Gasteiger partial charge in [-0.25, -0.2) is 0 Å². The normalized spacial score (nSPS) is 21.0. The number of hydrogen-bond donors (Lipinski definition) is 1. The molecule has 5 nitrogen and oxygen atoms in total. The average Bonchev–Trinajstić information content (AvgIpc) is 2.49. The highest BCUT2D eigenvalue weighted by Gasteiger charge is 2.24. The number of halogens is 1. The summed E-state index contributed by atoms with van der Waals surface area (Å²) in [6.45, 7) is 7.72. The van der Waals surface area contributed by atoms with Crippen LogP contribution in [0.2, 0.25) is 0 Å². The molecule has 0 aliphatic carbocycles. The molecule has 1 heterocycles. The van der Waals surface area contributed by atoms with Crippen LogP contribution in [0.5, 0.6) is 0 Å². The van der Waals surface area contributed by atoms with E-state index in [0.717, 1.165) is 23.2 Å². The van der Waals surface area contributed by atoms with Crippen LogP contribution in [0.3, 0.4) is 0 Å². The Bertz CT molecular complexity index is 510. The third-order valence-electron chi connectivity index (χ3n) is 4.24.